The van der Waals surface area contributed by atoms with Gasteiger partial charge in [-0.25, -0.2) is 0 Å². The van der Waals surface area contributed by atoms with Gasteiger partial charge in [-0.05, 0) is 32.1 Å². The molecule has 0 aromatic heterocycles. The first-order valence-corrected chi connectivity index (χ1v) is 12.6. The predicted molar refractivity (Wildman–Crippen MR) is 126 cm³/mol. The van der Waals surface area contributed by atoms with E-state index < -0.39 is 35.0 Å². The van der Waals surface area contributed by atoms with Crippen molar-refractivity contribution in [3.05, 3.63) is 25.3 Å². The SMILES string of the molecule is C=CCOC(=O)[C@@H]1[C@H]2C(=O)N(CCO)C(C(=O)N(CC=C)C3CCCCC3)C23CC(C)[C@@]1(C)O3. The number of likely N-dealkylation sites (tertiary alicyclic amines) is 1. The molecule has 2 bridgehead atoms. The first-order chi connectivity index (χ1) is 16.3. The predicted octanol–water partition coefficient (Wildman–Crippen LogP) is 2.07. The Kier molecular flexibility index (Phi) is 6.93. The Labute approximate surface area is 201 Å². The van der Waals surface area contributed by atoms with Gasteiger partial charge in [0.2, 0.25) is 11.8 Å². The zero-order valence-corrected chi connectivity index (χ0v) is 20.4. The van der Waals surface area contributed by atoms with E-state index in [1.165, 1.54) is 11.0 Å². The summed E-state index contributed by atoms with van der Waals surface area (Å²) in [7, 11) is 0. The van der Waals surface area contributed by atoms with Crippen molar-refractivity contribution in [3.8, 4) is 0 Å². The first-order valence-electron chi connectivity index (χ1n) is 12.6. The van der Waals surface area contributed by atoms with Crippen LogP contribution in [0.15, 0.2) is 25.3 Å². The highest BCUT2D eigenvalue weighted by Crippen LogP contribution is 2.65. The molecule has 0 aromatic rings. The van der Waals surface area contributed by atoms with Crippen LogP contribution in [0.3, 0.4) is 0 Å². The largest absolute Gasteiger partial charge is 0.461 e. The van der Waals surface area contributed by atoms with E-state index in [4.69, 9.17) is 9.47 Å². The molecule has 4 fully saturated rings. The molecule has 3 saturated heterocycles. The lowest BCUT2D eigenvalue weighted by Crippen LogP contribution is -2.58. The third-order valence-electron chi connectivity index (χ3n) is 8.61. The Morgan fingerprint density at radius 1 is 1.26 bits per heavy atom. The first kappa shape index (κ1) is 24.9. The smallest absolute Gasteiger partial charge is 0.313 e. The molecule has 2 amide bonds. The van der Waals surface area contributed by atoms with Gasteiger partial charge in [0.25, 0.3) is 0 Å². The van der Waals surface area contributed by atoms with Gasteiger partial charge in [-0.3, -0.25) is 14.4 Å². The molecule has 1 spiro atoms. The highest BCUT2D eigenvalue weighted by atomic mass is 16.6. The molecule has 3 heterocycles. The van der Waals surface area contributed by atoms with E-state index in [0.29, 0.717) is 13.0 Å². The zero-order chi connectivity index (χ0) is 24.7. The standard InChI is InChI=1S/C26H38N2O6/c1-5-12-27(18-10-8-7-9-11-18)23(31)21-26-16-17(3)25(4,34-26)20(24(32)33-15-6-2)19(26)22(30)28(21)13-14-29/h5-6,17-21,29H,1-2,7-16H2,3-4H3/t17?,19-,20-,21?,25+,26?/m0/s1. The van der Waals surface area contributed by atoms with Crippen LogP contribution in [-0.2, 0) is 23.9 Å². The third kappa shape index (κ3) is 3.61. The van der Waals surface area contributed by atoms with E-state index in [2.05, 4.69) is 13.2 Å². The van der Waals surface area contributed by atoms with E-state index in [1.54, 1.807) is 6.08 Å². The summed E-state index contributed by atoms with van der Waals surface area (Å²) in [6.45, 7) is 11.5. The minimum atomic E-state index is -1.12. The lowest BCUT2D eigenvalue weighted by molar-refractivity contribution is -0.162. The van der Waals surface area contributed by atoms with Gasteiger partial charge in [0.15, 0.2) is 0 Å². The maximum absolute atomic E-state index is 14.2. The van der Waals surface area contributed by atoms with Crippen molar-refractivity contribution in [1.82, 2.24) is 9.80 Å². The fourth-order valence-corrected chi connectivity index (χ4v) is 7.06. The summed E-state index contributed by atoms with van der Waals surface area (Å²) in [5.74, 6) is -2.67. The molecule has 4 rings (SSSR count). The number of carbonyl (C=O) groups excluding carboxylic acids is 3. The molecule has 4 aliphatic rings. The Morgan fingerprint density at radius 2 is 1.97 bits per heavy atom. The van der Waals surface area contributed by atoms with Gasteiger partial charge in [-0.15, -0.1) is 6.58 Å². The fraction of sp³-hybridized carbons (Fsp3) is 0.731. The summed E-state index contributed by atoms with van der Waals surface area (Å²) < 4.78 is 12.1. The maximum atomic E-state index is 14.2. The van der Waals surface area contributed by atoms with Crippen LogP contribution in [0.2, 0.25) is 0 Å². The highest BCUT2D eigenvalue weighted by molar-refractivity contribution is 5.98. The van der Waals surface area contributed by atoms with Gasteiger partial charge in [0.1, 0.15) is 24.2 Å². The topological polar surface area (TPSA) is 96.4 Å². The van der Waals surface area contributed by atoms with Crippen LogP contribution in [0.1, 0.15) is 52.4 Å². The molecule has 3 unspecified atom stereocenters. The molecule has 0 radical (unpaired) electrons. The monoisotopic (exact) mass is 474 g/mol. The van der Waals surface area contributed by atoms with Crippen molar-refractivity contribution in [3.63, 3.8) is 0 Å². The summed E-state index contributed by atoms with van der Waals surface area (Å²) >= 11 is 0. The van der Waals surface area contributed by atoms with Crippen molar-refractivity contribution in [2.45, 2.75) is 75.7 Å². The van der Waals surface area contributed by atoms with Crippen LogP contribution in [0.25, 0.3) is 0 Å². The van der Waals surface area contributed by atoms with E-state index in [-0.39, 0.29) is 43.5 Å². The van der Waals surface area contributed by atoms with Crippen LogP contribution in [0.4, 0.5) is 0 Å². The quantitative estimate of drug-likeness (QED) is 0.406. The number of esters is 1. The summed E-state index contributed by atoms with van der Waals surface area (Å²) in [5.41, 5.74) is -2.03. The molecule has 1 N–H and O–H groups in total. The Hall–Kier alpha value is -2.19. The highest BCUT2D eigenvalue weighted by Gasteiger charge is 2.80. The number of aliphatic hydroxyl groups excluding tert-OH is 1. The van der Waals surface area contributed by atoms with Crippen molar-refractivity contribution in [2.24, 2.45) is 17.8 Å². The molecule has 3 aliphatic heterocycles. The van der Waals surface area contributed by atoms with Gasteiger partial charge < -0.3 is 24.4 Å². The molecule has 188 valence electrons. The molecule has 8 heteroatoms. The number of amides is 2. The van der Waals surface area contributed by atoms with E-state index >= 15 is 0 Å². The van der Waals surface area contributed by atoms with Crippen molar-refractivity contribution < 1.29 is 29.0 Å². The number of β-amino-alcohol motifs (C(OH)–C–C–N with tert-alkyl or cyclic N) is 1. The van der Waals surface area contributed by atoms with Gasteiger partial charge in [-0.2, -0.15) is 0 Å². The number of hydrogen-bond donors (Lipinski definition) is 1. The number of hydrogen-bond acceptors (Lipinski definition) is 6. The fourth-order valence-electron chi connectivity index (χ4n) is 7.06. The van der Waals surface area contributed by atoms with Crippen LogP contribution in [-0.4, -0.2) is 82.3 Å². The number of carbonyl (C=O) groups is 3. The van der Waals surface area contributed by atoms with Crippen LogP contribution in [0.5, 0.6) is 0 Å². The van der Waals surface area contributed by atoms with Crippen molar-refractivity contribution in [2.75, 3.05) is 26.3 Å². The lowest BCUT2D eigenvalue weighted by Gasteiger charge is -2.40. The van der Waals surface area contributed by atoms with Gasteiger partial charge in [-0.1, -0.05) is 44.9 Å². The summed E-state index contributed by atoms with van der Waals surface area (Å²) in [5, 5.41) is 9.78. The second-order valence-corrected chi connectivity index (χ2v) is 10.4. The normalized spacial score (nSPS) is 36.9. The second kappa shape index (κ2) is 9.46. The van der Waals surface area contributed by atoms with E-state index in [0.717, 1.165) is 32.1 Å². The number of rotatable bonds is 9. The molecular weight excluding hydrogens is 436 g/mol. The number of nitrogens with zero attached hydrogens (tertiary/aromatic N) is 2. The zero-order valence-electron chi connectivity index (χ0n) is 20.4. The average molecular weight is 475 g/mol. The minimum Gasteiger partial charge on any atom is -0.461 e. The number of ether oxygens (including phenoxy) is 2. The molecule has 1 saturated carbocycles. The van der Waals surface area contributed by atoms with Gasteiger partial charge >= 0.3 is 5.97 Å². The number of fused-ring (bicyclic) bond motifs is 1. The minimum absolute atomic E-state index is 0.0168. The third-order valence-corrected chi connectivity index (χ3v) is 8.61. The average Bonchev–Trinajstić information content (AvgIpc) is 3.33. The summed E-state index contributed by atoms with van der Waals surface area (Å²) in [6, 6.07) is -0.804. The molecule has 0 aromatic carbocycles. The van der Waals surface area contributed by atoms with E-state index in [1.807, 2.05) is 18.7 Å². The van der Waals surface area contributed by atoms with Gasteiger partial charge in [0.05, 0.1) is 18.1 Å². The second-order valence-electron chi connectivity index (χ2n) is 10.4. The molecule has 1 aliphatic carbocycles. The summed E-state index contributed by atoms with van der Waals surface area (Å²) in [6.07, 6.45) is 8.83. The molecule has 34 heavy (non-hydrogen) atoms. The van der Waals surface area contributed by atoms with Crippen LogP contribution in [0, 0.1) is 17.8 Å². The molecular formula is C26H38N2O6. The molecule has 6 atom stereocenters. The number of aliphatic hydroxyl groups is 1. The van der Waals surface area contributed by atoms with Crippen LogP contribution >= 0.6 is 0 Å². The lowest BCUT2D eigenvalue weighted by atomic mass is 9.62. The van der Waals surface area contributed by atoms with Crippen molar-refractivity contribution in [1.29, 1.82) is 0 Å². The summed E-state index contributed by atoms with van der Waals surface area (Å²) in [4.78, 5) is 44.5. The molecule has 8 nitrogen and oxygen atoms in total. The Morgan fingerprint density at radius 3 is 2.59 bits per heavy atom. The van der Waals surface area contributed by atoms with Gasteiger partial charge in [0, 0.05) is 19.1 Å². The van der Waals surface area contributed by atoms with E-state index in [9.17, 15) is 19.5 Å². The Balaban J connectivity index is 1.75. The maximum Gasteiger partial charge on any atom is 0.313 e. The van der Waals surface area contributed by atoms with Crippen molar-refractivity contribution >= 4 is 17.8 Å². The van der Waals surface area contributed by atoms with Crippen LogP contribution < -0.4 is 0 Å². The Bertz CT molecular complexity index is 854.